The lowest BCUT2D eigenvalue weighted by molar-refractivity contribution is -0.142. The number of nitrogens with one attached hydrogen (secondary N) is 1. The Kier molecular flexibility index (Phi) is 5.02. The number of aliphatic carboxylic acids is 1. The van der Waals surface area contributed by atoms with Crippen molar-refractivity contribution in [3.63, 3.8) is 0 Å². The van der Waals surface area contributed by atoms with E-state index in [4.69, 9.17) is 14.6 Å². The predicted octanol–water partition coefficient (Wildman–Crippen LogP) is -0.731. The zero-order valence-electron chi connectivity index (χ0n) is 12.1. The van der Waals surface area contributed by atoms with Crippen LogP contribution in [0.25, 0.3) is 0 Å². The normalized spacial score (nSPS) is 28.1. The number of hydrogen-bond acceptors (Lipinski definition) is 5. The van der Waals surface area contributed by atoms with Crippen LogP contribution in [-0.2, 0) is 14.3 Å². The van der Waals surface area contributed by atoms with E-state index in [0.717, 1.165) is 0 Å². The van der Waals surface area contributed by atoms with Crippen molar-refractivity contribution < 1.29 is 29.3 Å². The van der Waals surface area contributed by atoms with E-state index in [-0.39, 0.29) is 19.8 Å². The van der Waals surface area contributed by atoms with E-state index in [1.807, 2.05) is 0 Å². The highest BCUT2D eigenvalue weighted by Crippen LogP contribution is 2.21. The summed E-state index contributed by atoms with van der Waals surface area (Å²) in [6.07, 6.45) is 0.962. The summed E-state index contributed by atoms with van der Waals surface area (Å²) in [4.78, 5) is 24.5. The van der Waals surface area contributed by atoms with Crippen LogP contribution in [0.3, 0.4) is 0 Å². The van der Waals surface area contributed by atoms with Crippen LogP contribution in [0.4, 0.5) is 4.79 Å². The molecule has 2 rings (SSSR count). The van der Waals surface area contributed by atoms with Gasteiger partial charge in [0.1, 0.15) is 5.92 Å². The molecule has 0 aromatic carbocycles. The topological polar surface area (TPSA) is 108 Å². The maximum absolute atomic E-state index is 12.1. The van der Waals surface area contributed by atoms with Gasteiger partial charge in [-0.2, -0.15) is 0 Å². The highest BCUT2D eigenvalue weighted by Gasteiger charge is 2.37. The van der Waals surface area contributed by atoms with Crippen LogP contribution in [0.15, 0.2) is 0 Å². The second-order valence-corrected chi connectivity index (χ2v) is 5.73. The molecule has 2 heterocycles. The van der Waals surface area contributed by atoms with E-state index in [9.17, 15) is 14.7 Å². The molecule has 0 spiro atoms. The largest absolute Gasteiger partial charge is 0.481 e. The molecule has 2 amide bonds. The number of ether oxygens (including phenoxy) is 2. The molecule has 2 aliphatic rings. The first kappa shape index (κ1) is 16.0. The van der Waals surface area contributed by atoms with Gasteiger partial charge >= 0.3 is 12.0 Å². The average Bonchev–Trinajstić information content (AvgIpc) is 2.87. The molecule has 8 heteroatoms. The number of likely N-dealkylation sites (N-methyl/N-ethyl adjacent to an activating group) is 1. The summed E-state index contributed by atoms with van der Waals surface area (Å²) >= 11 is 0. The van der Waals surface area contributed by atoms with Crippen molar-refractivity contribution in [1.82, 2.24) is 10.2 Å². The first-order valence-electron chi connectivity index (χ1n) is 7.04. The van der Waals surface area contributed by atoms with Gasteiger partial charge in [-0.1, -0.05) is 0 Å². The number of carboxylic acid groups (broad SMARTS) is 1. The number of urea groups is 1. The van der Waals surface area contributed by atoms with Crippen LogP contribution in [0.5, 0.6) is 0 Å². The highest BCUT2D eigenvalue weighted by molar-refractivity contribution is 5.77. The van der Waals surface area contributed by atoms with Gasteiger partial charge in [0.2, 0.25) is 0 Å². The highest BCUT2D eigenvalue weighted by atomic mass is 16.5. The number of aliphatic hydroxyl groups is 1. The Hall–Kier alpha value is -1.38. The van der Waals surface area contributed by atoms with E-state index in [0.29, 0.717) is 26.1 Å². The Bertz CT molecular complexity index is 396. The van der Waals surface area contributed by atoms with Crippen molar-refractivity contribution in [1.29, 1.82) is 0 Å². The summed E-state index contributed by atoms with van der Waals surface area (Å²) in [6, 6.07) is -0.946. The summed E-state index contributed by atoms with van der Waals surface area (Å²) in [5.41, 5.74) is -0.942. The molecule has 0 bridgehead atoms. The van der Waals surface area contributed by atoms with Gasteiger partial charge in [0.05, 0.1) is 31.4 Å². The SMILES string of the molecule is CN(CC1(O)CCOCC1)C(=O)NC1COCC1C(=O)O. The first-order valence-corrected chi connectivity index (χ1v) is 7.04. The van der Waals surface area contributed by atoms with Gasteiger partial charge < -0.3 is 29.9 Å². The number of carbonyl (C=O) groups is 2. The van der Waals surface area contributed by atoms with E-state index in [1.165, 1.54) is 4.90 Å². The molecule has 0 aliphatic carbocycles. The Balaban J connectivity index is 1.86. The molecule has 0 aromatic heterocycles. The van der Waals surface area contributed by atoms with Crippen molar-refractivity contribution in [2.45, 2.75) is 24.5 Å². The maximum atomic E-state index is 12.1. The number of amides is 2. The number of hydrogen-bond donors (Lipinski definition) is 3. The summed E-state index contributed by atoms with van der Waals surface area (Å²) < 4.78 is 10.3. The zero-order valence-corrected chi connectivity index (χ0v) is 12.1. The van der Waals surface area contributed by atoms with Crippen molar-refractivity contribution in [2.75, 3.05) is 40.0 Å². The van der Waals surface area contributed by atoms with Crippen molar-refractivity contribution in [3.8, 4) is 0 Å². The summed E-state index contributed by atoms with van der Waals surface area (Å²) in [5.74, 6) is -1.71. The van der Waals surface area contributed by atoms with Crippen LogP contribution in [0.2, 0.25) is 0 Å². The lowest BCUT2D eigenvalue weighted by Gasteiger charge is -2.35. The van der Waals surface area contributed by atoms with Gasteiger partial charge in [-0.3, -0.25) is 4.79 Å². The first-order chi connectivity index (χ1) is 9.91. The van der Waals surface area contributed by atoms with E-state index in [1.54, 1.807) is 7.05 Å². The van der Waals surface area contributed by atoms with E-state index >= 15 is 0 Å². The maximum Gasteiger partial charge on any atom is 0.317 e. The predicted molar refractivity (Wildman–Crippen MR) is 71.9 cm³/mol. The molecule has 8 nitrogen and oxygen atoms in total. The fourth-order valence-electron chi connectivity index (χ4n) is 2.63. The molecular formula is C13H22N2O6. The third kappa shape index (κ3) is 4.05. The summed E-state index contributed by atoms with van der Waals surface area (Å²) in [5, 5.41) is 22.1. The van der Waals surface area contributed by atoms with Crippen LogP contribution in [-0.4, -0.2) is 78.8 Å². The van der Waals surface area contributed by atoms with E-state index < -0.39 is 29.6 Å². The Morgan fingerprint density at radius 1 is 1.29 bits per heavy atom. The molecule has 0 radical (unpaired) electrons. The van der Waals surface area contributed by atoms with E-state index in [2.05, 4.69) is 5.32 Å². The molecule has 2 unspecified atom stereocenters. The van der Waals surface area contributed by atoms with Crippen LogP contribution < -0.4 is 5.32 Å². The molecular weight excluding hydrogens is 280 g/mol. The van der Waals surface area contributed by atoms with Gasteiger partial charge in [0.15, 0.2) is 0 Å². The number of carboxylic acids is 1. The fourth-order valence-corrected chi connectivity index (χ4v) is 2.63. The monoisotopic (exact) mass is 302 g/mol. The Morgan fingerprint density at radius 3 is 2.57 bits per heavy atom. The molecule has 2 aliphatic heterocycles. The van der Waals surface area contributed by atoms with Crippen molar-refractivity contribution in [2.24, 2.45) is 5.92 Å². The van der Waals surface area contributed by atoms with Crippen molar-refractivity contribution >= 4 is 12.0 Å². The molecule has 2 saturated heterocycles. The second kappa shape index (κ2) is 6.59. The zero-order chi connectivity index (χ0) is 15.5. The molecule has 2 fully saturated rings. The number of rotatable bonds is 4. The van der Waals surface area contributed by atoms with Crippen LogP contribution in [0.1, 0.15) is 12.8 Å². The number of nitrogens with zero attached hydrogens (tertiary/aromatic N) is 1. The third-order valence-electron chi connectivity index (χ3n) is 4.01. The fraction of sp³-hybridized carbons (Fsp3) is 0.846. The molecule has 120 valence electrons. The molecule has 0 saturated carbocycles. The van der Waals surface area contributed by atoms with Crippen LogP contribution >= 0.6 is 0 Å². The smallest absolute Gasteiger partial charge is 0.317 e. The lowest BCUT2D eigenvalue weighted by Crippen LogP contribution is -2.53. The minimum absolute atomic E-state index is 0.102. The van der Waals surface area contributed by atoms with Gasteiger partial charge in [-0.15, -0.1) is 0 Å². The standard InChI is InChI=1S/C13H22N2O6/c1-15(8-13(19)2-4-20-5-3-13)12(18)14-10-7-21-6-9(10)11(16)17/h9-10,19H,2-8H2,1H3,(H,14,18)(H,16,17). The lowest BCUT2D eigenvalue weighted by atomic mass is 9.94. The molecule has 0 aromatic rings. The summed E-state index contributed by atoms with van der Waals surface area (Å²) in [6.45, 7) is 1.43. The average molecular weight is 302 g/mol. The van der Waals surface area contributed by atoms with Crippen LogP contribution in [0, 0.1) is 5.92 Å². The second-order valence-electron chi connectivity index (χ2n) is 5.73. The van der Waals surface area contributed by atoms with Gasteiger partial charge in [-0.25, -0.2) is 4.79 Å². The van der Waals surface area contributed by atoms with Gasteiger partial charge in [0, 0.05) is 33.1 Å². The Labute approximate surface area is 123 Å². The van der Waals surface area contributed by atoms with Gasteiger partial charge in [-0.05, 0) is 0 Å². The molecule has 3 N–H and O–H groups in total. The summed E-state index contributed by atoms with van der Waals surface area (Å²) in [7, 11) is 1.58. The molecule has 2 atom stereocenters. The minimum atomic E-state index is -0.983. The minimum Gasteiger partial charge on any atom is -0.481 e. The molecule has 21 heavy (non-hydrogen) atoms. The van der Waals surface area contributed by atoms with Crippen molar-refractivity contribution in [3.05, 3.63) is 0 Å². The Morgan fingerprint density at radius 2 is 1.95 bits per heavy atom. The quantitative estimate of drug-likeness (QED) is 0.632. The van der Waals surface area contributed by atoms with Gasteiger partial charge in [0.25, 0.3) is 0 Å². The number of carbonyl (C=O) groups excluding carboxylic acids is 1. The third-order valence-corrected chi connectivity index (χ3v) is 4.01.